The van der Waals surface area contributed by atoms with Crippen LogP contribution in [0, 0.1) is 0 Å². The lowest BCUT2D eigenvalue weighted by Crippen LogP contribution is -2.46. The summed E-state index contributed by atoms with van der Waals surface area (Å²) in [6, 6.07) is 11.6. The first-order valence-corrected chi connectivity index (χ1v) is 7.33. The summed E-state index contributed by atoms with van der Waals surface area (Å²) in [6.45, 7) is 0.255. The first-order chi connectivity index (χ1) is 11.4. The van der Waals surface area contributed by atoms with Crippen molar-refractivity contribution in [2.75, 3.05) is 5.73 Å². The highest BCUT2D eigenvalue weighted by Crippen LogP contribution is 2.12. The Morgan fingerprint density at radius 3 is 2.42 bits per heavy atom. The second-order valence-corrected chi connectivity index (χ2v) is 5.33. The summed E-state index contributed by atoms with van der Waals surface area (Å²) in [4.78, 5) is 23.2. The Kier molecular flexibility index (Phi) is 5.62. The van der Waals surface area contributed by atoms with Crippen molar-refractivity contribution in [1.29, 1.82) is 0 Å². The smallest absolute Gasteiger partial charge is 0.326 e. The Bertz CT molecular complexity index is 716. The van der Waals surface area contributed by atoms with Crippen molar-refractivity contribution in [3.05, 3.63) is 59.7 Å². The molecule has 1 unspecified atom stereocenters. The zero-order chi connectivity index (χ0) is 17.5. The molecule has 0 fully saturated rings. The predicted molar refractivity (Wildman–Crippen MR) is 89.5 cm³/mol. The fourth-order valence-corrected chi connectivity index (χ4v) is 2.15. The topological polar surface area (TPSA) is 125 Å². The van der Waals surface area contributed by atoms with Gasteiger partial charge in [-0.2, -0.15) is 0 Å². The van der Waals surface area contributed by atoms with Crippen LogP contribution in [-0.4, -0.2) is 28.3 Å². The molecule has 7 heteroatoms. The summed E-state index contributed by atoms with van der Waals surface area (Å²) in [5, 5.41) is 23.7. The summed E-state index contributed by atoms with van der Waals surface area (Å²) >= 11 is 0. The number of urea groups is 1. The van der Waals surface area contributed by atoms with Gasteiger partial charge in [0.2, 0.25) is 0 Å². The minimum atomic E-state index is -1.15. The molecule has 126 valence electrons. The highest BCUT2D eigenvalue weighted by Gasteiger charge is 2.20. The molecule has 0 spiro atoms. The van der Waals surface area contributed by atoms with Gasteiger partial charge < -0.3 is 26.6 Å². The van der Waals surface area contributed by atoms with E-state index in [1.807, 2.05) is 0 Å². The number of nitrogens with one attached hydrogen (secondary N) is 2. The van der Waals surface area contributed by atoms with Crippen molar-refractivity contribution in [1.82, 2.24) is 10.6 Å². The van der Waals surface area contributed by atoms with E-state index in [1.54, 1.807) is 36.4 Å². The van der Waals surface area contributed by atoms with Gasteiger partial charge in [0.05, 0.1) is 0 Å². The van der Waals surface area contributed by atoms with Crippen molar-refractivity contribution >= 4 is 17.7 Å². The van der Waals surface area contributed by atoms with Crippen molar-refractivity contribution in [3.63, 3.8) is 0 Å². The van der Waals surface area contributed by atoms with Gasteiger partial charge in [-0.05, 0) is 35.4 Å². The van der Waals surface area contributed by atoms with Crippen molar-refractivity contribution in [2.45, 2.75) is 19.0 Å². The number of phenolic OH excluding ortho intramolecular Hbond substituents is 1. The molecule has 6 N–H and O–H groups in total. The number of nitrogen functional groups attached to an aromatic ring is 1. The minimum absolute atomic E-state index is 0.0458. The van der Waals surface area contributed by atoms with Crippen LogP contribution in [0.3, 0.4) is 0 Å². The lowest BCUT2D eigenvalue weighted by Gasteiger charge is -2.15. The molecule has 0 saturated carbocycles. The molecule has 2 rings (SSSR count). The summed E-state index contributed by atoms with van der Waals surface area (Å²) in [7, 11) is 0. The maximum Gasteiger partial charge on any atom is 0.326 e. The number of hydrogen-bond donors (Lipinski definition) is 5. The van der Waals surface area contributed by atoms with Gasteiger partial charge in [0.15, 0.2) is 0 Å². The van der Waals surface area contributed by atoms with Crippen LogP contribution in [0.2, 0.25) is 0 Å². The van der Waals surface area contributed by atoms with E-state index in [9.17, 15) is 19.8 Å². The number of phenols is 1. The zero-order valence-corrected chi connectivity index (χ0v) is 12.9. The third-order valence-corrected chi connectivity index (χ3v) is 3.39. The molecule has 7 nitrogen and oxygen atoms in total. The number of benzene rings is 2. The molecule has 2 aromatic rings. The summed E-state index contributed by atoms with van der Waals surface area (Å²) in [6.07, 6.45) is 0.0685. The van der Waals surface area contributed by atoms with Crippen LogP contribution in [0.15, 0.2) is 48.5 Å². The SMILES string of the molecule is Nc1ccc(CNC(=O)NC(Cc2cccc(O)c2)C(=O)O)cc1. The maximum absolute atomic E-state index is 11.9. The average molecular weight is 329 g/mol. The number of aliphatic carboxylic acids is 1. The Balaban J connectivity index is 1.91. The number of carboxylic acids is 1. The van der Waals surface area contributed by atoms with Gasteiger partial charge in [0.1, 0.15) is 11.8 Å². The molecular weight excluding hydrogens is 310 g/mol. The second kappa shape index (κ2) is 7.87. The number of nitrogens with two attached hydrogens (primary N) is 1. The normalized spacial score (nSPS) is 11.5. The van der Waals surface area contributed by atoms with E-state index in [0.717, 1.165) is 5.56 Å². The van der Waals surface area contributed by atoms with Crippen LogP contribution in [0.4, 0.5) is 10.5 Å². The van der Waals surface area contributed by atoms with Gasteiger partial charge in [0.25, 0.3) is 0 Å². The number of carbonyl (C=O) groups excluding carboxylic acids is 1. The largest absolute Gasteiger partial charge is 0.508 e. The Hall–Kier alpha value is -3.22. The second-order valence-electron chi connectivity index (χ2n) is 5.33. The van der Waals surface area contributed by atoms with E-state index >= 15 is 0 Å². The Labute approximate surface area is 139 Å². The van der Waals surface area contributed by atoms with Gasteiger partial charge in [-0.1, -0.05) is 24.3 Å². The molecule has 1 atom stereocenters. The molecule has 0 aliphatic rings. The standard InChI is InChI=1S/C17H19N3O4/c18-13-6-4-11(5-7-13)10-19-17(24)20-15(16(22)23)9-12-2-1-3-14(21)8-12/h1-8,15,21H,9-10,18H2,(H,22,23)(H2,19,20,24). The summed E-state index contributed by atoms with van der Waals surface area (Å²) in [5.74, 6) is -1.11. The number of anilines is 1. The molecule has 2 amide bonds. The van der Waals surface area contributed by atoms with Gasteiger partial charge in [-0.15, -0.1) is 0 Å². The molecule has 0 aromatic heterocycles. The molecule has 0 heterocycles. The monoisotopic (exact) mass is 329 g/mol. The average Bonchev–Trinajstić information content (AvgIpc) is 2.53. The van der Waals surface area contributed by atoms with E-state index < -0.39 is 18.0 Å². The fraction of sp³-hybridized carbons (Fsp3) is 0.176. The Morgan fingerprint density at radius 2 is 1.79 bits per heavy atom. The number of amides is 2. The van der Waals surface area contributed by atoms with Crippen LogP contribution in [0.25, 0.3) is 0 Å². The number of carbonyl (C=O) groups is 2. The van der Waals surface area contributed by atoms with E-state index in [0.29, 0.717) is 11.3 Å². The van der Waals surface area contributed by atoms with Crippen LogP contribution in [-0.2, 0) is 17.8 Å². The van der Waals surface area contributed by atoms with E-state index in [1.165, 1.54) is 12.1 Å². The molecular formula is C17H19N3O4. The third-order valence-electron chi connectivity index (χ3n) is 3.39. The molecule has 0 aliphatic heterocycles. The number of rotatable bonds is 6. The van der Waals surface area contributed by atoms with Crippen LogP contribution in [0.5, 0.6) is 5.75 Å². The van der Waals surface area contributed by atoms with Gasteiger partial charge >= 0.3 is 12.0 Å². The number of carboxylic acid groups (broad SMARTS) is 1. The van der Waals surface area contributed by atoms with Crippen LogP contribution < -0.4 is 16.4 Å². The van der Waals surface area contributed by atoms with Gasteiger partial charge in [-0.3, -0.25) is 0 Å². The number of aromatic hydroxyl groups is 1. The molecule has 2 aromatic carbocycles. The van der Waals surface area contributed by atoms with Crippen LogP contribution >= 0.6 is 0 Å². The third kappa shape index (κ3) is 5.20. The molecule has 0 saturated heterocycles. The van der Waals surface area contributed by atoms with Crippen molar-refractivity contribution in [3.8, 4) is 5.75 Å². The van der Waals surface area contributed by atoms with Crippen molar-refractivity contribution < 1.29 is 19.8 Å². The van der Waals surface area contributed by atoms with Gasteiger partial charge in [0, 0.05) is 18.7 Å². The first-order valence-electron chi connectivity index (χ1n) is 7.33. The molecule has 0 bridgehead atoms. The summed E-state index contributed by atoms with van der Waals surface area (Å²) in [5.41, 5.74) is 7.67. The maximum atomic E-state index is 11.9. The lowest BCUT2D eigenvalue weighted by molar-refractivity contribution is -0.139. The van der Waals surface area contributed by atoms with Gasteiger partial charge in [-0.25, -0.2) is 9.59 Å². The summed E-state index contributed by atoms with van der Waals surface area (Å²) < 4.78 is 0. The minimum Gasteiger partial charge on any atom is -0.508 e. The van der Waals surface area contributed by atoms with Crippen molar-refractivity contribution in [2.24, 2.45) is 0 Å². The fourth-order valence-electron chi connectivity index (χ4n) is 2.15. The highest BCUT2D eigenvalue weighted by atomic mass is 16.4. The molecule has 0 radical (unpaired) electrons. The van der Waals surface area contributed by atoms with E-state index in [-0.39, 0.29) is 18.7 Å². The predicted octanol–water partition coefficient (Wildman–Crippen LogP) is 1.47. The van der Waals surface area contributed by atoms with Crippen LogP contribution in [0.1, 0.15) is 11.1 Å². The van der Waals surface area contributed by atoms with E-state index in [2.05, 4.69) is 10.6 Å². The quantitative estimate of drug-likeness (QED) is 0.513. The number of hydrogen-bond acceptors (Lipinski definition) is 4. The molecule has 0 aliphatic carbocycles. The Morgan fingerprint density at radius 1 is 1.08 bits per heavy atom. The molecule has 24 heavy (non-hydrogen) atoms. The highest BCUT2D eigenvalue weighted by molar-refractivity contribution is 5.82. The van der Waals surface area contributed by atoms with E-state index in [4.69, 9.17) is 5.73 Å². The zero-order valence-electron chi connectivity index (χ0n) is 12.9. The first kappa shape index (κ1) is 17.1. The lowest BCUT2D eigenvalue weighted by atomic mass is 10.1.